The van der Waals surface area contributed by atoms with Gasteiger partial charge in [-0.1, -0.05) is 37.6 Å². The Morgan fingerprint density at radius 1 is 1.42 bits per heavy atom. The molecule has 0 spiro atoms. The lowest BCUT2D eigenvalue weighted by Gasteiger charge is -2.30. The number of hydrogen-bond donors (Lipinski definition) is 1. The van der Waals surface area contributed by atoms with Crippen molar-refractivity contribution < 1.29 is 5.11 Å². The summed E-state index contributed by atoms with van der Waals surface area (Å²) in [6.07, 6.45) is 1.53. The Hall–Kier alpha value is -1.06. The van der Waals surface area contributed by atoms with Crippen LogP contribution >= 0.6 is 11.6 Å². The number of rotatable bonds is 4. The van der Waals surface area contributed by atoms with Crippen LogP contribution in [0.3, 0.4) is 0 Å². The van der Waals surface area contributed by atoms with Crippen LogP contribution in [0.5, 0.6) is 0 Å². The van der Waals surface area contributed by atoms with Crippen molar-refractivity contribution in [2.75, 3.05) is 13.1 Å². The lowest BCUT2D eigenvalue weighted by atomic mass is 9.94. The van der Waals surface area contributed by atoms with Gasteiger partial charge >= 0.3 is 0 Å². The number of β-amino-alcohol motifs (C(OH)–C–C–N with tert-alkyl or cyclic N) is 1. The molecular weight excluding hydrogens is 260 g/mol. The van der Waals surface area contributed by atoms with Gasteiger partial charge in [-0.3, -0.25) is 5.01 Å². The fraction of sp³-hybridized carbons (Fsp3) is 0.533. The van der Waals surface area contributed by atoms with E-state index in [1.165, 1.54) is 0 Å². The van der Waals surface area contributed by atoms with Crippen LogP contribution in [0.15, 0.2) is 29.4 Å². The SMILES string of the molecule is CCC(O)CN1CCC(C)C(c2ccc(Cl)cc2)=N1. The number of hydrazone groups is 1. The van der Waals surface area contributed by atoms with E-state index in [4.69, 9.17) is 16.7 Å². The molecule has 2 atom stereocenters. The minimum atomic E-state index is -0.302. The molecule has 0 bridgehead atoms. The summed E-state index contributed by atoms with van der Waals surface area (Å²) in [5, 5.41) is 17.2. The Morgan fingerprint density at radius 2 is 2.11 bits per heavy atom. The first-order valence-electron chi connectivity index (χ1n) is 6.87. The molecule has 2 rings (SSSR count). The summed E-state index contributed by atoms with van der Waals surface area (Å²) in [7, 11) is 0. The molecule has 19 heavy (non-hydrogen) atoms. The van der Waals surface area contributed by atoms with E-state index in [1.54, 1.807) is 0 Å². The molecule has 4 heteroatoms. The van der Waals surface area contributed by atoms with Gasteiger partial charge in [-0.05, 0) is 30.5 Å². The minimum Gasteiger partial charge on any atom is -0.391 e. The maximum Gasteiger partial charge on any atom is 0.0729 e. The summed E-state index contributed by atoms with van der Waals surface area (Å²) < 4.78 is 0. The van der Waals surface area contributed by atoms with E-state index in [2.05, 4.69) is 6.92 Å². The van der Waals surface area contributed by atoms with Gasteiger partial charge < -0.3 is 5.11 Å². The van der Waals surface area contributed by atoms with Gasteiger partial charge in [0.2, 0.25) is 0 Å². The molecule has 0 saturated carbocycles. The number of aliphatic hydroxyl groups is 1. The normalized spacial score (nSPS) is 21.2. The van der Waals surface area contributed by atoms with Gasteiger partial charge in [0, 0.05) is 17.5 Å². The molecule has 0 amide bonds. The van der Waals surface area contributed by atoms with Gasteiger partial charge in [0.1, 0.15) is 0 Å². The van der Waals surface area contributed by atoms with E-state index in [9.17, 15) is 5.11 Å². The van der Waals surface area contributed by atoms with E-state index in [0.717, 1.165) is 35.7 Å². The topological polar surface area (TPSA) is 35.8 Å². The van der Waals surface area contributed by atoms with E-state index in [-0.39, 0.29) is 6.10 Å². The molecule has 1 aliphatic heterocycles. The Bertz CT molecular complexity index is 444. The molecule has 0 radical (unpaired) electrons. The highest BCUT2D eigenvalue weighted by Gasteiger charge is 2.21. The molecule has 3 nitrogen and oxygen atoms in total. The average Bonchev–Trinajstić information content (AvgIpc) is 2.42. The third-order valence-corrected chi connectivity index (χ3v) is 3.82. The smallest absolute Gasteiger partial charge is 0.0729 e. The first kappa shape index (κ1) is 14.4. The second kappa shape index (κ2) is 6.40. The first-order chi connectivity index (χ1) is 9.10. The van der Waals surface area contributed by atoms with Crippen molar-refractivity contribution in [1.82, 2.24) is 5.01 Å². The molecule has 1 aliphatic rings. The second-order valence-corrected chi connectivity index (χ2v) is 5.59. The number of aliphatic hydroxyl groups excluding tert-OH is 1. The highest BCUT2D eigenvalue weighted by atomic mass is 35.5. The van der Waals surface area contributed by atoms with E-state index in [0.29, 0.717) is 12.5 Å². The molecule has 0 aromatic heterocycles. The van der Waals surface area contributed by atoms with E-state index >= 15 is 0 Å². The van der Waals surface area contributed by atoms with E-state index in [1.807, 2.05) is 36.2 Å². The lowest BCUT2D eigenvalue weighted by molar-refractivity contribution is 0.105. The first-order valence-corrected chi connectivity index (χ1v) is 7.25. The Labute approximate surface area is 119 Å². The zero-order chi connectivity index (χ0) is 13.8. The monoisotopic (exact) mass is 280 g/mol. The van der Waals surface area contributed by atoms with Crippen LogP contribution in [0.25, 0.3) is 0 Å². The third kappa shape index (κ3) is 3.71. The number of hydrogen-bond acceptors (Lipinski definition) is 3. The van der Waals surface area contributed by atoms with Crippen molar-refractivity contribution in [1.29, 1.82) is 0 Å². The number of halogens is 1. The Balaban J connectivity index is 2.18. The molecule has 1 aromatic carbocycles. The van der Waals surface area contributed by atoms with Gasteiger partial charge in [0.25, 0.3) is 0 Å². The van der Waals surface area contributed by atoms with Gasteiger partial charge in [-0.25, -0.2) is 0 Å². The summed E-state index contributed by atoms with van der Waals surface area (Å²) in [6.45, 7) is 5.71. The zero-order valence-corrected chi connectivity index (χ0v) is 12.3. The van der Waals surface area contributed by atoms with Gasteiger partial charge in [0.15, 0.2) is 0 Å². The third-order valence-electron chi connectivity index (χ3n) is 3.57. The van der Waals surface area contributed by atoms with E-state index < -0.39 is 0 Å². The summed E-state index contributed by atoms with van der Waals surface area (Å²) in [6, 6.07) is 7.81. The fourth-order valence-electron chi connectivity index (χ4n) is 2.25. The standard InChI is InChI=1S/C15H21ClN2O/c1-3-14(19)10-18-9-8-11(2)15(17-18)12-4-6-13(16)7-5-12/h4-7,11,14,19H,3,8-10H2,1-2H3. The van der Waals surface area contributed by atoms with Crippen LogP contribution < -0.4 is 0 Å². The van der Waals surface area contributed by atoms with Crippen molar-refractivity contribution >= 4 is 17.3 Å². The molecule has 0 aliphatic carbocycles. The quantitative estimate of drug-likeness (QED) is 0.920. The number of benzene rings is 1. The molecular formula is C15H21ClN2O. The van der Waals surface area contributed by atoms with Crippen LogP contribution in [0.1, 0.15) is 32.3 Å². The van der Waals surface area contributed by atoms with Gasteiger partial charge in [0.05, 0.1) is 18.4 Å². The maximum absolute atomic E-state index is 9.74. The number of nitrogens with zero attached hydrogens (tertiary/aromatic N) is 2. The lowest BCUT2D eigenvalue weighted by Crippen LogP contribution is -2.36. The summed E-state index contributed by atoms with van der Waals surface area (Å²) >= 11 is 5.92. The van der Waals surface area contributed by atoms with Gasteiger partial charge in [-0.2, -0.15) is 5.10 Å². The maximum atomic E-state index is 9.74. The highest BCUT2D eigenvalue weighted by molar-refractivity contribution is 6.30. The van der Waals surface area contributed by atoms with Crippen LogP contribution in [-0.2, 0) is 0 Å². The van der Waals surface area contributed by atoms with Crippen molar-refractivity contribution in [3.05, 3.63) is 34.9 Å². The molecule has 0 fully saturated rings. The minimum absolute atomic E-state index is 0.302. The Kier molecular flexibility index (Phi) is 4.83. The molecule has 0 saturated heterocycles. The van der Waals surface area contributed by atoms with Crippen molar-refractivity contribution in [3.8, 4) is 0 Å². The fourth-order valence-corrected chi connectivity index (χ4v) is 2.37. The predicted octanol–water partition coefficient (Wildman–Crippen LogP) is 3.16. The Morgan fingerprint density at radius 3 is 2.74 bits per heavy atom. The second-order valence-electron chi connectivity index (χ2n) is 5.16. The summed E-state index contributed by atoms with van der Waals surface area (Å²) in [4.78, 5) is 0. The average molecular weight is 281 g/mol. The van der Waals surface area contributed by atoms with Crippen molar-refractivity contribution in [2.45, 2.75) is 32.8 Å². The predicted molar refractivity (Wildman–Crippen MR) is 79.6 cm³/mol. The van der Waals surface area contributed by atoms with Gasteiger partial charge in [-0.15, -0.1) is 0 Å². The van der Waals surface area contributed by atoms with Crippen LogP contribution in [0, 0.1) is 5.92 Å². The molecule has 2 unspecified atom stereocenters. The summed E-state index contributed by atoms with van der Waals surface area (Å²) in [5.74, 6) is 0.441. The van der Waals surface area contributed by atoms with Crippen molar-refractivity contribution in [3.63, 3.8) is 0 Å². The largest absolute Gasteiger partial charge is 0.391 e. The highest BCUT2D eigenvalue weighted by Crippen LogP contribution is 2.21. The van der Waals surface area contributed by atoms with Crippen LogP contribution in [0.2, 0.25) is 5.02 Å². The molecule has 1 N–H and O–H groups in total. The molecule has 1 heterocycles. The summed E-state index contributed by atoms with van der Waals surface area (Å²) in [5.41, 5.74) is 2.21. The van der Waals surface area contributed by atoms with Crippen LogP contribution in [0.4, 0.5) is 0 Å². The molecule has 1 aromatic rings. The molecule has 104 valence electrons. The van der Waals surface area contributed by atoms with Crippen LogP contribution in [-0.4, -0.2) is 35.0 Å². The van der Waals surface area contributed by atoms with Crippen molar-refractivity contribution in [2.24, 2.45) is 11.0 Å². The zero-order valence-electron chi connectivity index (χ0n) is 11.5.